The SMILES string of the molecule is O=C(Nc1cccnc1-n1cncn1)c1ccccc1I. The number of rotatable bonds is 3. The van der Waals surface area contributed by atoms with Crippen LogP contribution in [0.25, 0.3) is 5.82 Å². The van der Waals surface area contributed by atoms with E-state index < -0.39 is 0 Å². The lowest BCUT2D eigenvalue weighted by atomic mass is 10.2. The van der Waals surface area contributed by atoms with Crippen molar-refractivity contribution in [3.05, 3.63) is 64.4 Å². The average molecular weight is 391 g/mol. The lowest BCUT2D eigenvalue weighted by molar-refractivity contribution is 0.102. The Bertz CT molecular complexity index is 773. The highest BCUT2D eigenvalue weighted by Gasteiger charge is 2.13. The molecule has 1 aromatic carbocycles. The summed E-state index contributed by atoms with van der Waals surface area (Å²) >= 11 is 2.13. The van der Waals surface area contributed by atoms with Crippen LogP contribution in [-0.2, 0) is 0 Å². The number of carbonyl (C=O) groups excluding carboxylic acids is 1. The zero-order valence-corrected chi connectivity index (χ0v) is 12.9. The first-order valence-electron chi connectivity index (χ1n) is 6.11. The number of anilines is 1. The van der Waals surface area contributed by atoms with E-state index >= 15 is 0 Å². The molecule has 0 saturated carbocycles. The third kappa shape index (κ3) is 2.92. The summed E-state index contributed by atoms with van der Waals surface area (Å²) in [7, 11) is 0. The molecule has 0 spiro atoms. The van der Waals surface area contributed by atoms with Crippen LogP contribution >= 0.6 is 22.6 Å². The minimum Gasteiger partial charge on any atom is -0.319 e. The standard InChI is InChI=1S/C14H10IN5O/c15-11-5-2-1-4-10(11)14(21)19-12-6-3-7-17-13(12)20-9-16-8-18-20/h1-9H,(H,19,21). The van der Waals surface area contributed by atoms with Gasteiger partial charge in [-0.3, -0.25) is 4.79 Å². The highest BCUT2D eigenvalue weighted by molar-refractivity contribution is 14.1. The van der Waals surface area contributed by atoms with Crippen molar-refractivity contribution >= 4 is 34.2 Å². The minimum absolute atomic E-state index is 0.186. The average Bonchev–Trinajstić information content (AvgIpc) is 3.02. The van der Waals surface area contributed by atoms with Crippen molar-refractivity contribution in [3.8, 4) is 5.82 Å². The second-order valence-corrected chi connectivity index (χ2v) is 5.31. The summed E-state index contributed by atoms with van der Waals surface area (Å²) < 4.78 is 2.39. The van der Waals surface area contributed by atoms with E-state index in [1.165, 1.54) is 17.3 Å². The number of nitrogens with zero attached hydrogens (tertiary/aromatic N) is 4. The molecule has 6 nitrogen and oxygen atoms in total. The lowest BCUT2D eigenvalue weighted by Crippen LogP contribution is -2.15. The fourth-order valence-corrected chi connectivity index (χ4v) is 2.46. The highest BCUT2D eigenvalue weighted by Crippen LogP contribution is 2.18. The van der Waals surface area contributed by atoms with Crippen molar-refractivity contribution in [2.45, 2.75) is 0 Å². The molecule has 3 aromatic rings. The maximum atomic E-state index is 12.4. The van der Waals surface area contributed by atoms with Gasteiger partial charge in [-0.25, -0.2) is 14.6 Å². The third-order valence-corrected chi connectivity index (χ3v) is 3.73. The Morgan fingerprint density at radius 3 is 2.81 bits per heavy atom. The molecule has 1 N–H and O–H groups in total. The van der Waals surface area contributed by atoms with E-state index in [-0.39, 0.29) is 5.91 Å². The van der Waals surface area contributed by atoms with Gasteiger partial charge in [0.1, 0.15) is 12.7 Å². The maximum Gasteiger partial charge on any atom is 0.256 e. The van der Waals surface area contributed by atoms with Gasteiger partial charge in [0.25, 0.3) is 5.91 Å². The van der Waals surface area contributed by atoms with Crippen LogP contribution < -0.4 is 5.32 Å². The van der Waals surface area contributed by atoms with Crippen molar-refractivity contribution in [2.24, 2.45) is 0 Å². The van der Waals surface area contributed by atoms with Crippen LogP contribution in [0.15, 0.2) is 55.2 Å². The number of hydrogen-bond donors (Lipinski definition) is 1. The number of hydrogen-bond acceptors (Lipinski definition) is 4. The van der Waals surface area contributed by atoms with Crippen LogP contribution in [-0.4, -0.2) is 25.7 Å². The molecule has 7 heteroatoms. The number of pyridine rings is 1. The van der Waals surface area contributed by atoms with Gasteiger partial charge in [0.05, 0.1) is 11.3 Å². The van der Waals surface area contributed by atoms with Crippen molar-refractivity contribution < 1.29 is 4.79 Å². The number of amides is 1. The summed E-state index contributed by atoms with van der Waals surface area (Å²) in [6.07, 6.45) is 4.59. The number of carbonyl (C=O) groups is 1. The van der Waals surface area contributed by atoms with E-state index in [1.54, 1.807) is 24.4 Å². The van der Waals surface area contributed by atoms with Gasteiger partial charge in [0, 0.05) is 9.77 Å². The van der Waals surface area contributed by atoms with E-state index in [4.69, 9.17) is 0 Å². The molecular weight excluding hydrogens is 381 g/mol. The van der Waals surface area contributed by atoms with Crippen LogP contribution in [0, 0.1) is 3.57 Å². The molecule has 21 heavy (non-hydrogen) atoms. The van der Waals surface area contributed by atoms with Crippen LogP contribution in [0.5, 0.6) is 0 Å². The second kappa shape index (κ2) is 6.00. The number of halogens is 1. The fourth-order valence-electron chi connectivity index (χ4n) is 1.83. The zero-order valence-electron chi connectivity index (χ0n) is 10.8. The molecule has 2 aromatic heterocycles. The number of nitrogens with one attached hydrogen (secondary N) is 1. The number of aromatic nitrogens is 4. The van der Waals surface area contributed by atoms with Gasteiger partial charge < -0.3 is 5.32 Å². The Labute approximate surface area is 134 Å². The van der Waals surface area contributed by atoms with Crippen LogP contribution in [0.3, 0.4) is 0 Å². The van der Waals surface area contributed by atoms with Crippen LogP contribution in [0.1, 0.15) is 10.4 Å². The maximum absolute atomic E-state index is 12.4. The van der Waals surface area contributed by atoms with Gasteiger partial charge >= 0.3 is 0 Å². The van der Waals surface area contributed by atoms with Gasteiger partial charge in [-0.15, -0.1) is 0 Å². The van der Waals surface area contributed by atoms with E-state index in [9.17, 15) is 4.79 Å². The molecule has 0 bridgehead atoms. The second-order valence-electron chi connectivity index (χ2n) is 4.15. The molecule has 0 aliphatic heterocycles. The minimum atomic E-state index is -0.186. The van der Waals surface area contributed by atoms with Crippen molar-refractivity contribution in [1.29, 1.82) is 0 Å². The largest absolute Gasteiger partial charge is 0.319 e. The first-order valence-corrected chi connectivity index (χ1v) is 7.19. The van der Waals surface area contributed by atoms with Crippen LogP contribution in [0.2, 0.25) is 0 Å². The lowest BCUT2D eigenvalue weighted by Gasteiger charge is -2.10. The quantitative estimate of drug-likeness (QED) is 0.697. The van der Waals surface area contributed by atoms with Gasteiger partial charge in [-0.05, 0) is 46.9 Å². The molecule has 0 unspecified atom stereocenters. The summed E-state index contributed by atoms with van der Waals surface area (Å²) in [5.74, 6) is 0.337. The van der Waals surface area contributed by atoms with Crippen molar-refractivity contribution in [1.82, 2.24) is 19.7 Å². The van der Waals surface area contributed by atoms with Gasteiger partial charge in [-0.1, -0.05) is 12.1 Å². The van der Waals surface area contributed by atoms with E-state index in [0.29, 0.717) is 17.1 Å². The van der Waals surface area contributed by atoms with Crippen molar-refractivity contribution in [2.75, 3.05) is 5.32 Å². The molecule has 0 fully saturated rings. The predicted octanol–water partition coefficient (Wildman–Crippen LogP) is 2.52. The molecule has 1 amide bonds. The van der Waals surface area contributed by atoms with E-state index in [0.717, 1.165) is 3.57 Å². The molecule has 0 radical (unpaired) electrons. The first-order chi connectivity index (χ1) is 10.3. The Kier molecular flexibility index (Phi) is 3.91. The molecule has 0 atom stereocenters. The Balaban J connectivity index is 1.93. The smallest absolute Gasteiger partial charge is 0.256 e. The molecular formula is C14H10IN5O. The van der Waals surface area contributed by atoms with Gasteiger partial charge in [-0.2, -0.15) is 5.10 Å². The molecule has 0 saturated heterocycles. The number of benzene rings is 1. The monoisotopic (exact) mass is 391 g/mol. The van der Waals surface area contributed by atoms with E-state index in [1.807, 2.05) is 18.2 Å². The van der Waals surface area contributed by atoms with Crippen LogP contribution in [0.4, 0.5) is 5.69 Å². The molecule has 0 aliphatic rings. The highest BCUT2D eigenvalue weighted by atomic mass is 127. The summed E-state index contributed by atoms with van der Waals surface area (Å²) in [5.41, 5.74) is 1.19. The fraction of sp³-hybridized carbons (Fsp3) is 0. The summed E-state index contributed by atoms with van der Waals surface area (Å²) in [6, 6.07) is 10.9. The molecule has 0 aliphatic carbocycles. The normalized spacial score (nSPS) is 10.3. The zero-order chi connectivity index (χ0) is 14.7. The van der Waals surface area contributed by atoms with Crippen molar-refractivity contribution in [3.63, 3.8) is 0 Å². The predicted molar refractivity (Wildman–Crippen MR) is 86.3 cm³/mol. The van der Waals surface area contributed by atoms with Gasteiger partial charge in [0.15, 0.2) is 5.82 Å². The Morgan fingerprint density at radius 2 is 2.05 bits per heavy atom. The Morgan fingerprint density at radius 1 is 1.19 bits per heavy atom. The topological polar surface area (TPSA) is 72.7 Å². The van der Waals surface area contributed by atoms with Gasteiger partial charge in [0.2, 0.25) is 0 Å². The molecule has 104 valence electrons. The van der Waals surface area contributed by atoms with E-state index in [2.05, 4.69) is 43.0 Å². The Hall–Kier alpha value is -2.29. The first kappa shape index (κ1) is 13.7. The molecule has 3 rings (SSSR count). The third-order valence-electron chi connectivity index (χ3n) is 2.79. The molecule has 2 heterocycles. The summed E-state index contributed by atoms with van der Waals surface area (Å²) in [5, 5.41) is 6.90. The summed E-state index contributed by atoms with van der Waals surface area (Å²) in [4.78, 5) is 20.5. The summed E-state index contributed by atoms with van der Waals surface area (Å²) in [6.45, 7) is 0.